The van der Waals surface area contributed by atoms with Crippen molar-refractivity contribution in [3.05, 3.63) is 47.0 Å². The molecule has 21 heavy (non-hydrogen) atoms. The molecule has 0 saturated carbocycles. The third-order valence-electron chi connectivity index (χ3n) is 4.27. The van der Waals surface area contributed by atoms with Gasteiger partial charge in [0.1, 0.15) is 0 Å². The molecular formula is C16H19N3OS. The minimum absolute atomic E-state index is 0.0284. The highest BCUT2D eigenvalue weighted by atomic mass is 32.1. The molecule has 1 saturated heterocycles. The number of hydrogen-bond acceptors (Lipinski definition) is 4. The fourth-order valence-corrected chi connectivity index (χ4v) is 3.73. The Morgan fingerprint density at radius 2 is 2.24 bits per heavy atom. The topological polar surface area (TPSA) is 46.1 Å². The summed E-state index contributed by atoms with van der Waals surface area (Å²) in [5.74, 6) is 0.421. The number of benzene rings is 1. The van der Waals surface area contributed by atoms with E-state index in [9.17, 15) is 4.79 Å². The van der Waals surface area contributed by atoms with Gasteiger partial charge in [0, 0.05) is 23.9 Å². The minimum atomic E-state index is 0.0284. The third-order valence-corrected chi connectivity index (χ3v) is 4.78. The monoisotopic (exact) mass is 301 g/mol. The molecule has 2 atom stereocenters. The number of likely N-dealkylation sites (tertiary alicyclic amines) is 1. The number of nitrogens with zero attached hydrogens (tertiary/aromatic N) is 3. The van der Waals surface area contributed by atoms with Crippen molar-refractivity contribution in [1.82, 2.24) is 14.5 Å². The minimum Gasteiger partial charge on any atom is -0.334 e. The first-order chi connectivity index (χ1) is 10.3. The molecule has 0 spiro atoms. The Hall–Kier alpha value is -1.75. The lowest BCUT2D eigenvalue weighted by molar-refractivity contribution is 0.0708. The average molecular weight is 301 g/mol. The van der Waals surface area contributed by atoms with Crippen molar-refractivity contribution < 1.29 is 4.79 Å². The summed E-state index contributed by atoms with van der Waals surface area (Å²) in [4.78, 5) is 14.6. The summed E-state index contributed by atoms with van der Waals surface area (Å²) >= 11 is 1.23. The van der Waals surface area contributed by atoms with Gasteiger partial charge in [-0.2, -0.15) is 0 Å². The normalized spacial score (nSPS) is 19.7. The second kappa shape index (κ2) is 6.35. The molecule has 110 valence electrons. The molecule has 5 heteroatoms. The van der Waals surface area contributed by atoms with E-state index in [0.29, 0.717) is 11.6 Å². The van der Waals surface area contributed by atoms with E-state index in [-0.39, 0.29) is 11.9 Å². The Morgan fingerprint density at radius 3 is 2.90 bits per heavy atom. The number of carbonyl (C=O) groups excluding carboxylic acids is 1. The Morgan fingerprint density at radius 1 is 1.43 bits per heavy atom. The van der Waals surface area contributed by atoms with Crippen LogP contribution in [0.25, 0.3) is 0 Å². The molecule has 1 aliphatic heterocycles. The molecule has 2 aromatic rings. The molecule has 0 radical (unpaired) electrons. The summed E-state index contributed by atoms with van der Waals surface area (Å²) < 4.78 is 3.81. The lowest BCUT2D eigenvalue weighted by Crippen LogP contribution is -2.39. The van der Waals surface area contributed by atoms with Gasteiger partial charge in [-0.15, -0.1) is 5.10 Å². The fraction of sp³-hybridized carbons (Fsp3) is 0.438. The van der Waals surface area contributed by atoms with Crippen molar-refractivity contribution in [2.24, 2.45) is 0 Å². The molecule has 1 fully saturated rings. The number of hydrogen-bond donors (Lipinski definition) is 0. The highest BCUT2D eigenvalue weighted by Gasteiger charge is 2.35. The number of rotatable bonds is 4. The maximum Gasteiger partial charge on any atom is 0.275 e. The standard InChI is InChI=1S/C16H19N3OS/c1-2-13(12-7-4-3-5-8-12)15-9-6-10-19(15)16(20)14-11-21-18-17-14/h3-5,7-8,11,13,15H,2,6,9-10H2,1H3. The molecule has 1 aromatic heterocycles. The predicted molar refractivity (Wildman–Crippen MR) is 83.4 cm³/mol. The fourth-order valence-electron chi connectivity index (χ4n) is 3.30. The Bertz CT molecular complexity index is 585. The molecule has 1 amide bonds. The van der Waals surface area contributed by atoms with Crippen LogP contribution in [0.5, 0.6) is 0 Å². The van der Waals surface area contributed by atoms with E-state index in [1.54, 1.807) is 5.38 Å². The van der Waals surface area contributed by atoms with Crippen molar-refractivity contribution in [1.29, 1.82) is 0 Å². The van der Waals surface area contributed by atoms with E-state index >= 15 is 0 Å². The number of carbonyl (C=O) groups is 1. The van der Waals surface area contributed by atoms with E-state index in [1.165, 1.54) is 17.1 Å². The molecule has 0 N–H and O–H groups in total. The molecule has 4 nitrogen and oxygen atoms in total. The van der Waals surface area contributed by atoms with Crippen LogP contribution < -0.4 is 0 Å². The maximum atomic E-state index is 12.6. The van der Waals surface area contributed by atoms with Gasteiger partial charge >= 0.3 is 0 Å². The van der Waals surface area contributed by atoms with Crippen molar-refractivity contribution in [3.63, 3.8) is 0 Å². The van der Waals surface area contributed by atoms with Crippen LogP contribution in [0.4, 0.5) is 0 Å². The van der Waals surface area contributed by atoms with Gasteiger partial charge in [0.25, 0.3) is 5.91 Å². The summed E-state index contributed by atoms with van der Waals surface area (Å²) in [6, 6.07) is 10.8. The largest absolute Gasteiger partial charge is 0.334 e. The quantitative estimate of drug-likeness (QED) is 0.870. The lowest BCUT2D eigenvalue weighted by Gasteiger charge is -2.31. The van der Waals surface area contributed by atoms with Crippen LogP contribution in [0.3, 0.4) is 0 Å². The van der Waals surface area contributed by atoms with Crippen LogP contribution in [-0.4, -0.2) is 33.0 Å². The smallest absolute Gasteiger partial charge is 0.275 e. The number of aromatic nitrogens is 2. The molecule has 2 unspecified atom stereocenters. The van der Waals surface area contributed by atoms with Crippen molar-refractivity contribution in [3.8, 4) is 0 Å². The summed E-state index contributed by atoms with van der Waals surface area (Å²) in [5.41, 5.74) is 1.80. The molecule has 2 heterocycles. The second-order valence-corrected chi connectivity index (χ2v) is 6.03. The highest BCUT2D eigenvalue weighted by Crippen LogP contribution is 2.34. The third kappa shape index (κ3) is 2.83. The molecule has 0 aliphatic carbocycles. The van der Waals surface area contributed by atoms with Crippen LogP contribution in [0.15, 0.2) is 35.7 Å². The van der Waals surface area contributed by atoms with E-state index in [2.05, 4.69) is 40.8 Å². The molecule has 0 bridgehead atoms. The zero-order chi connectivity index (χ0) is 14.7. The molecule has 1 aliphatic rings. The predicted octanol–water partition coefficient (Wildman–Crippen LogP) is 3.34. The van der Waals surface area contributed by atoms with E-state index < -0.39 is 0 Å². The van der Waals surface area contributed by atoms with Gasteiger partial charge in [0.2, 0.25) is 0 Å². The lowest BCUT2D eigenvalue weighted by atomic mass is 9.87. The first-order valence-corrected chi connectivity index (χ1v) is 8.28. The van der Waals surface area contributed by atoms with E-state index in [0.717, 1.165) is 25.8 Å². The Kier molecular flexibility index (Phi) is 4.29. The maximum absolute atomic E-state index is 12.6. The molecule has 3 rings (SSSR count). The van der Waals surface area contributed by atoms with Gasteiger partial charge in [-0.3, -0.25) is 4.79 Å². The Labute approximate surface area is 129 Å². The number of amides is 1. The van der Waals surface area contributed by atoms with Gasteiger partial charge in [0.05, 0.1) is 0 Å². The summed E-state index contributed by atoms with van der Waals surface area (Å²) in [6.07, 6.45) is 3.17. The van der Waals surface area contributed by atoms with Gasteiger partial charge in [-0.05, 0) is 36.4 Å². The second-order valence-electron chi connectivity index (χ2n) is 5.42. The zero-order valence-electron chi connectivity index (χ0n) is 12.1. The first-order valence-electron chi connectivity index (χ1n) is 7.44. The Balaban J connectivity index is 1.84. The highest BCUT2D eigenvalue weighted by molar-refractivity contribution is 7.03. The van der Waals surface area contributed by atoms with Crippen molar-refractivity contribution in [2.45, 2.75) is 38.1 Å². The average Bonchev–Trinajstić information content (AvgIpc) is 3.20. The van der Waals surface area contributed by atoms with Gasteiger partial charge in [-0.25, -0.2) is 0 Å². The summed E-state index contributed by atoms with van der Waals surface area (Å²) in [5, 5.41) is 5.67. The molecular weight excluding hydrogens is 282 g/mol. The van der Waals surface area contributed by atoms with E-state index in [1.807, 2.05) is 11.0 Å². The van der Waals surface area contributed by atoms with Crippen LogP contribution in [0.2, 0.25) is 0 Å². The van der Waals surface area contributed by atoms with Crippen LogP contribution in [-0.2, 0) is 0 Å². The van der Waals surface area contributed by atoms with Crippen molar-refractivity contribution >= 4 is 17.4 Å². The first kappa shape index (κ1) is 14.2. The van der Waals surface area contributed by atoms with E-state index in [4.69, 9.17) is 0 Å². The van der Waals surface area contributed by atoms with Gasteiger partial charge < -0.3 is 4.90 Å². The summed E-state index contributed by atoms with van der Waals surface area (Å²) in [7, 11) is 0. The SMILES string of the molecule is CCC(c1ccccc1)C1CCCN1C(=O)c1csnn1. The van der Waals surface area contributed by atoms with Gasteiger partial charge in [-0.1, -0.05) is 41.7 Å². The zero-order valence-corrected chi connectivity index (χ0v) is 12.9. The summed E-state index contributed by atoms with van der Waals surface area (Å²) in [6.45, 7) is 3.02. The van der Waals surface area contributed by atoms with Crippen LogP contribution in [0.1, 0.15) is 48.2 Å². The van der Waals surface area contributed by atoms with Crippen molar-refractivity contribution in [2.75, 3.05) is 6.54 Å². The van der Waals surface area contributed by atoms with Crippen LogP contribution >= 0.6 is 11.5 Å². The van der Waals surface area contributed by atoms with Crippen LogP contribution in [0, 0.1) is 0 Å². The molecule has 1 aromatic carbocycles. The van der Waals surface area contributed by atoms with Gasteiger partial charge in [0.15, 0.2) is 5.69 Å².